The molecule has 2 aliphatic rings. The number of nitrogens with zero attached hydrogens (tertiary/aromatic N) is 2. The Morgan fingerprint density at radius 2 is 2.04 bits per heavy atom. The van der Waals surface area contributed by atoms with Crippen LogP contribution in [0.2, 0.25) is 10.0 Å². The number of fused-ring (bicyclic) bond motifs is 1. The second-order valence-corrected chi connectivity index (χ2v) is 6.13. The maximum absolute atomic E-state index is 12.7. The number of benzene rings is 1. The number of nitrogens with one attached hydrogen (secondary N) is 1. The Kier molecular flexibility index (Phi) is 3.57. The number of carbonyl (C=O) groups excluding carboxylic acids is 3. The average Bonchev–Trinajstić information content (AvgIpc) is 2.96. The number of rotatable bonds is 2. The van der Waals surface area contributed by atoms with Crippen LogP contribution in [0.4, 0.5) is 5.69 Å². The molecule has 1 aromatic rings. The smallest absolute Gasteiger partial charge is 0.355 e. The lowest BCUT2D eigenvalue weighted by Gasteiger charge is -2.20. The van der Waals surface area contributed by atoms with Gasteiger partial charge in [-0.05, 0) is 25.1 Å². The number of carbonyl (C=O) groups is 3. The van der Waals surface area contributed by atoms with E-state index >= 15 is 0 Å². The first-order valence-electron chi connectivity index (χ1n) is 6.57. The van der Waals surface area contributed by atoms with Crippen molar-refractivity contribution in [3.63, 3.8) is 0 Å². The van der Waals surface area contributed by atoms with Crippen molar-refractivity contribution < 1.29 is 19.1 Å². The molecule has 120 valence electrons. The second-order valence-electron chi connectivity index (χ2n) is 5.31. The van der Waals surface area contributed by atoms with Gasteiger partial charge in [0, 0.05) is 0 Å². The Morgan fingerprint density at radius 1 is 1.35 bits per heavy atom. The van der Waals surface area contributed by atoms with Crippen LogP contribution in [0.15, 0.2) is 23.3 Å². The van der Waals surface area contributed by atoms with Gasteiger partial charge < -0.3 is 4.74 Å². The minimum Gasteiger partial charge on any atom is -0.464 e. The molecule has 0 bridgehead atoms. The quantitative estimate of drug-likeness (QED) is 0.639. The van der Waals surface area contributed by atoms with E-state index in [1.165, 1.54) is 32.2 Å². The number of halogens is 2. The third-order valence-corrected chi connectivity index (χ3v) is 4.67. The highest BCUT2D eigenvalue weighted by atomic mass is 35.5. The summed E-state index contributed by atoms with van der Waals surface area (Å²) in [4.78, 5) is 38.2. The van der Waals surface area contributed by atoms with E-state index in [1.54, 1.807) is 0 Å². The molecule has 3 rings (SSSR count). The van der Waals surface area contributed by atoms with Gasteiger partial charge in [0.25, 0.3) is 5.91 Å². The van der Waals surface area contributed by atoms with Gasteiger partial charge in [0.2, 0.25) is 5.91 Å². The van der Waals surface area contributed by atoms with Gasteiger partial charge in [0.1, 0.15) is 11.5 Å². The minimum absolute atomic E-state index is 0.129. The van der Waals surface area contributed by atoms with E-state index in [4.69, 9.17) is 23.2 Å². The Balaban J connectivity index is 2.05. The van der Waals surface area contributed by atoms with Crippen molar-refractivity contribution in [2.45, 2.75) is 12.5 Å². The van der Waals surface area contributed by atoms with Crippen molar-refractivity contribution >= 4 is 52.4 Å². The highest BCUT2D eigenvalue weighted by Crippen LogP contribution is 2.39. The molecule has 2 atom stereocenters. The zero-order chi connectivity index (χ0) is 16.9. The summed E-state index contributed by atoms with van der Waals surface area (Å²) in [5.74, 6) is -2.93. The van der Waals surface area contributed by atoms with Crippen LogP contribution in [0.3, 0.4) is 0 Å². The van der Waals surface area contributed by atoms with Crippen molar-refractivity contribution in [1.29, 1.82) is 0 Å². The lowest BCUT2D eigenvalue weighted by Crippen LogP contribution is -2.48. The van der Waals surface area contributed by atoms with Crippen LogP contribution in [-0.2, 0) is 19.1 Å². The van der Waals surface area contributed by atoms with Crippen LogP contribution < -0.4 is 10.3 Å². The summed E-state index contributed by atoms with van der Waals surface area (Å²) in [6.07, 6.45) is 0. The minimum atomic E-state index is -1.34. The molecule has 2 aliphatic heterocycles. The van der Waals surface area contributed by atoms with Crippen LogP contribution in [0, 0.1) is 5.92 Å². The van der Waals surface area contributed by atoms with Crippen LogP contribution in [0.1, 0.15) is 6.92 Å². The normalized spacial score (nSPS) is 26.0. The summed E-state index contributed by atoms with van der Waals surface area (Å²) < 4.78 is 4.62. The molecular weight excluding hydrogens is 345 g/mol. The van der Waals surface area contributed by atoms with Gasteiger partial charge >= 0.3 is 5.97 Å². The largest absolute Gasteiger partial charge is 0.464 e. The molecule has 2 heterocycles. The summed E-state index contributed by atoms with van der Waals surface area (Å²) >= 11 is 11.8. The molecule has 1 saturated heterocycles. The molecule has 0 aromatic heterocycles. The Bertz CT molecular complexity index is 779. The number of ether oxygens (including phenoxy) is 1. The van der Waals surface area contributed by atoms with Crippen LogP contribution >= 0.6 is 23.2 Å². The van der Waals surface area contributed by atoms with Crippen molar-refractivity contribution in [2.24, 2.45) is 11.0 Å². The first-order valence-corrected chi connectivity index (χ1v) is 7.33. The van der Waals surface area contributed by atoms with Crippen molar-refractivity contribution in [2.75, 3.05) is 12.0 Å². The molecule has 0 saturated carbocycles. The van der Waals surface area contributed by atoms with E-state index in [1.807, 2.05) is 0 Å². The lowest BCUT2D eigenvalue weighted by atomic mass is 9.86. The van der Waals surface area contributed by atoms with Gasteiger partial charge in [-0.25, -0.2) is 9.69 Å². The maximum atomic E-state index is 12.7. The SMILES string of the molecule is COC(=O)C1=NN[C@]2(C)C(=O)N(c3ccc(Cl)c(Cl)c3)C(=O)C12. The van der Waals surface area contributed by atoms with Gasteiger partial charge in [0.15, 0.2) is 5.71 Å². The summed E-state index contributed by atoms with van der Waals surface area (Å²) in [5, 5.41) is 4.31. The van der Waals surface area contributed by atoms with E-state index in [9.17, 15) is 14.4 Å². The highest BCUT2D eigenvalue weighted by Gasteiger charge is 2.63. The van der Waals surface area contributed by atoms with Crippen LogP contribution in [0.25, 0.3) is 0 Å². The molecule has 9 heteroatoms. The molecule has 2 amide bonds. The van der Waals surface area contributed by atoms with Crippen molar-refractivity contribution in [1.82, 2.24) is 5.43 Å². The summed E-state index contributed by atoms with van der Waals surface area (Å²) in [6, 6.07) is 4.40. The molecule has 1 N–H and O–H groups in total. The Morgan fingerprint density at radius 3 is 2.65 bits per heavy atom. The number of imide groups is 1. The van der Waals surface area contributed by atoms with E-state index in [0.717, 1.165) is 4.90 Å². The number of anilines is 1. The fourth-order valence-corrected chi connectivity index (χ4v) is 3.00. The monoisotopic (exact) mass is 355 g/mol. The van der Waals surface area contributed by atoms with Gasteiger partial charge in [0.05, 0.1) is 22.8 Å². The second kappa shape index (κ2) is 5.21. The van der Waals surface area contributed by atoms with E-state index in [2.05, 4.69) is 15.3 Å². The van der Waals surface area contributed by atoms with Crippen LogP contribution in [0.5, 0.6) is 0 Å². The molecule has 0 aliphatic carbocycles. The first kappa shape index (κ1) is 15.8. The third-order valence-electron chi connectivity index (χ3n) is 3.93. The van der Waals surface area contributed by atoms with Crippen molar-refractivity contribution in [3.8, 4) is 0 Å². The molecule has 0 radical (unpaired) electrons. The number of amides is 2. The number of hydrogen-bond acceptors (Lipinski definition) is 6. The molecule has 1 unspecified atom stereocenters. The van der Waals surface area contributed by atoms with Gasteiger partial charge in [-0.1, -0.05) is 23.2 Å². The molecule has 7 nitrogen and oxygen atoms in total. The molecule has 0 spiro atoms. The summed E-state index contributed by atoms with van der Waals surface area (Å²) in [5.41, 5.74) is 1.39. The zero-order valence-electron chi connectivity index (χ0n) is 12.1. The fourth-order valence-electron chi connectivity index (χ4n) is 2.71. The Hall–Kier alpha value is -2.12. The standard InChI is InChI=1S/C14H11Cl2N3O4/c1-14-9(10(17-18-14)12(21)23-2)11(20)19(13(14)22)6-3-4-7(15)8(16)5-6/h3-5,9,18H,1-2H3/t9?,14-/m0/s1. The predicted octanol–water partition coefficient (Wildman–Crippen LogP) is 1.37. The molecule has 1 aromatic carbocycles. The molecule has 1 fully saturated rings. The van der Waals surface area contributed by atoms with E-state index < -0.39 is 29.2 Å². The Labute approximate surface area is 141 Å². The summed E-state index contributed by atoms with van der Waals surface area (Å²) in [6.45, 7) is 1.51. The lowest BCUT2D eigenvalue weighted by molar-refractivity contribution is -0.133. The van der Waals surface area contributed by atoms with Gasteiger partial charge in [-0.2, -0.15) is 5.10 Å². The van der Waals surface area contributed by atoms with E-state index in [-0.39, 0.29) is 16.4 Å². The number of hydrogen-bond donors (Lipinski definition) is 1. The number of hydrazone groups is 1. The molecule has 23 heavy (non-hydrogen) atoms. The summed E-state index contributed by atoms with van der Waals surface area (Å²) in [7, 11) is 1.18. The van der Waals surface area contributed by atoms with Crippen LogP contribution in [-0.4, -0.2) is 36.1 Å². The first-order chi connectivity index (χ1) is 10.8. The van der Waals surface area contributed by atoms with Gasteiger partial charge in [-0.3, -0.25) is 15.0 Å². The highest BCUT2D eigenvalue weighted by molar-refractivity contribution is 6.47. The zero-order valence-corrected chi connectivity index (χ0v) is 13.6. The predicted molar refractivity (Wildman–Crippen MR) is 83.4 cm³/mol. The fraction of sp³-hybridized carbons (Fsp3) is 0.286. The average molecular weight is 356 g/mol. The van der Waals surface area contributed by atoms with Crippen molar-refractivity contribution in [3.05, 3.63) is 28.2 Å². The van der Waals surface area contributed by atoms with Gasteiger partial charge in [-0.15, -0.1) is 0 Å². The number of methoxy groups -OCH3 is 1. The molecular formula is C14H11Cl2N3O4. The topological polar surface area (TPSA) is 88.1 Å². The third kappa shape index (κ3) is 2.11. The number of esters is 1. The van der Waals surface area contributed by atoms with E-state index in [0.29, 0.717) is 5.02 Å². The maximum Gasteiger partial charge on any atom is 0.355 e.